The molecule has 1 fully saturated rings. The summed E-state index contributed by atoms with van der Waals surface area (Å²) in [6.07, 6.45) is 6.15. The molecular weight excluding hydrogens is 301 g/mol. The van der Waals surface area contributed by atoms with E-state index in [0.717, 1.165) is 25.2 Å². The highest BCUT2D eigenvalue weighted by Gasteiger charge is 2.25. The van der Waals surface area contributed by atoms with Crippen molar-refractivity contribution in [3.05, 3.63) is 65.7 Å². The summed E-state index contributed by atoms with van der Waals surface area (Å²) in [5.74, 6) is -0.115. The van der Waals surface area contributed by atoms with Gasteiger partial charge in [-0.15, -0.1) is 0 Å². The van der Waals surface area contributed by atoms with Crippen LogP contribution in [0.1, 0.15) is 30.9 Å². The standard InChI is InChI=1S/C20H26FN3/c1-2-24-13-5-7-19(24)16-23(14-17-9-11-22-12-10-17)15-18-6-3-4-8-20(18)21/h3-4,6,8-12,19H,2,5,7,13-16H2,1H3/t19-/m0/s1. The summed E-state index contributed by atoms with van der Waals surface area (Å²) in [6.45, 7) is 6.94. The van der Waals surface area contributed by atoms with Crippen LogP contribution in [0.2, 0.25) is 0 Å². The highest BCUT2D eigenvalue weighted by Crippen LogP contribution is 2.20. The molecule has 1 aromatic heterocycles. The molecule has 3 nitrogen and oxygen atoms in total. The lowest BCUT2D eigenvalue weighted by molar-refractivity contribution is 0.164. The van der Waals surface area contributed by atoms with Crippen molar-refractivity contribution in [1.82, 2.24) is 14.8 Å². The molecule has 1 saturated heterocycles. The first kappa shape index (κ1) is 17.1. The zero-order valence-electron chi connectivity index (χ0n) is 14.4. The van der Waals surface area contributed by atoms with Crippen molar-refractivity contribution in [1.29, 1.82) is 0 Å². The molecular formula is C20H26FN3. The second kappa shape index (κ2) is 8.36. The van der Waals surface area contributed by atoms with Crippen LogP contribution in [0.4, 0.5) is 4.39 Å². The Kier molecular flexibility index (Phi) is 5.94. The van der Waals surface area contributed by atoms with Gasteiger partial charge in [0.25, 0.3) is 0 Å². The zero-order valence-corrected chi connectivity index (χ0v) is 14.4. The van der Waals surface area contributed by atoms with E-state index < -0.39 is 0 Å². The Labute approximate surface area is 144 Å². The minimum atomic E-state index is -0.115. The predicted molar refractivity (Wildman–Crippen MR) is 95.0 cm³/mol. The summed E-state index contributed by atoms with van der Waals surface area (Å²) in [6, 6.07) is 11.8. The average molecular weight is 327 g/mol. The Bertz CT molecular complexity index is 632. The molecule has 0 saturated carbocycles. The van der Waals surface area contributed by atoms with Crippen LogP contribution in [0, 0.1) is 5.82 Å². The van der Waals surface area contributed by atoms with E-state index in [-0.39, 0.29) is 5.82 Å². The van der Waals surface area contributed by atoms with Gasteiger partial charge >= 0.3 is 0 Å². The molecule has 0 radical (unpaired) electrons. The summed E-state index contributed by atoms with van der Waals surface area (Å²) in [4.78, 5) is 9.00. The quantitative estimate of drug-likeness (QED) is 0.773. The van der Waals surface area contributed by atoms with Crippen molar-refractivity contribution < 1.29 is 4.39 Å². The monoisotopic (exact) mass is 327 g/mol. The lowest BCUT2D eigenvalue weighted by Crippen LogP contribution is -2.39. The van der Waals surface area contributed by atoms with Gasteiger partial charge in [0.2, 0.25) is 0 Å². The maximum absolute atomic E-state index is 14.1. The van der Waals surface area contributed by atoms with Crippen LogP contribution in [0.5, 0.6) is 0 Å². The molecule has 0 spiro atoms. The molecule has 0 bridgehead atoms. The number of rotatable bonds is 7. The van der Waals surface area contributed by atoms with Gasteiger partial charge in [-0.25, -0.2) is 4.39 Å². The van der Waals surface area contributed by atoms with Crippen LogP contribution in [-0.2, 0) is 13.1 Å². The number of likely N-dealkylation sites (N-methyl/N-ethyl adjacent to an activating group) is 1. The predicted octanol–water partition coefficient (Wildman–Crippen LogP) is 3.71. The molecule has 4 heteroatoms. The maximum Gasteiger partial charge on any atom is 0.127 e. The largest absolute Gasteiger partial charge is 0.299 e. The Morgan fingerprint density at radius 2 is 1.96 bits per heavy atom. The Morgan fingerprint density at radius 1 is 1.17 bits per heavy atom. The molecule has 128 valence electrons. The SMILES string of the molecule is CCN1CCC[C@H]1CN(Cc1ccncc1)Cc1ccccc1F. The van der Waals surface area contributed by atoms with Gasteiger partial charge in [-0.05, 0) is 49.7 Å². The molecule has 0 amide bonds. The van der Waals surface area contributed by atoms with Crippen molar-refractivity contribution in [3.8, 4) is 0 Å². The molecule has 3 rings (SSSR count). The molecule has 1 aliphatic heterocycles. The lowest BCUT2D eigenvalue weighted by atomic mass is 10.1. The molecule has 24 heavy (non-hydrogen) atoms. The third kappa shape index (κ3) is 4.40. The molecule has 1 aliphatic rings. The van der Waals surface area contributed by atoms with Gasteiger partial charge < -0.3 is 0 Å². The van der Waals surface area contributed by atoms with E-state index in [4.69, 9.17) is 0 Å². The fraction of sp³-hybridized carbons (Fsp3) is 0.450. The molecule has 0 aliphatic carbocycles. The Hall–Kier alpha value is -1.78. The number of benzene rings is 1. The van der Waals surface area contributed by atoms with Gasteiger partial charge in [-0.2, -0.15) is 0 Å². The molecule has 0 N–H and O–H groups in total. The number of halogens is 1. The number of pyridine rings is 1. The van der Waals surface area contributed by atoms with Crippen molar-refractivity contribution >= 4 is 0 Å². The Morgan fingerprint density at radius 3 is 2.71 bits per heavy atom. The van der Waals surface area contributed by atoms with Crippen LogP contribution < -0.4 is 0 Å². The van der Waals surface area contributed by atoms with Crippen LogP contribution >= 0.6 is 0 Å². The minimum absolute atomic E-state index is 0.115. The first-order valence-electron chi connectivity index (χ1n) is 8.85. The van der Waals surface area contributed by atoms with E-state index in [2.05, 4.69) is 21.7 Å². The van der Waals surface area contributed by atoms with Crippen LogP contribution in [0.3, 0.4) is 0 Å². The van der Waals surface area contributed by atoms with Crippen molar-refractivity contribution in [2.24, 2.45) is 0 Å². The van der Waals surface area contributed by atoms with E-state index in [9.17, 15) is 4.39 Å². The molecule has 2 heterocycles. The molecule has 0 unspecified atom stereocenters. The minimum Gasteiger partial charge on any atom is -0.299 e. The highest BCUT2D eigenvalue weighted by atomic mass is 19.1. The van der Waals surface area contributed by atoms with E-state index in [0.29, 0.717) is 12.6 Å². The fourth-order valence-electron chi connectivity index (χ4n) is 3.62. The zero-order chi connectivity index (χ0) is 16.8. The number of hydrogen-bond donors (Lipinski definition) is 0. The highest BCUT2D eigenvalue weighted by molar-refractivity contribution is 5.18. The van der Waals surface area contributed by atoms with E-state index in [1.165, 1.54) is 24.9 Å². The number of nitrogens with zero attached hydrogens (tertiary/aromatic N) is 3. The molecule has 2 aromatic rings. The second-order valence-electron chi connectivity index (χ2n) is 6.54. The number of aromatic nitrogens is 1. The first-order chi connectivity index (χ1) is 11.8. The van der Waals surface area contributed by atoms with Gasteiger partial charge in [0.05, 0.1) is 0 Å². The van der Waals surface area contributed by atoms with Crippen LogP contribution in [-0.4, -0.2) is 40.5 Å². The van der Waals surface area contributed by atoms with E-state index >= 15 is 0 Å². The van der Waals surface area contributed by atoms with Gasteiger partial charge in [0.1, 0.15) is 5.82 Å². The topological polar surface area (TPSA) is 19.4 Å². The number of likely N-dealkylation sites (tertiary alicyclic amines) is 1. The van der Waals surface area contributed by atoms with Gasteiger partial charge in [-0.1, -0.05) is 25.1 Å². The molecule has 1 atom stereocenters. The summed E-state index contributed by atoms with van der Waals surface area (Å²) < 4.78 is 14.1. The van der Waals surface area contributed by atoms with Gasteiger partial charge in [0, 0.05) is 43.6 Å². The van der Waals surface area contributed by atoms with E-state index in [1.807, 2.05) is 36.7 Å². The first-order valence-corrected chi connectivity index (χ1v) is 8.85. The smallest absolute Gasteiger partial charge is 0.127 e. The van der Waals surface area contributed by atoms with Crippen LogP contribution in [0.15, 0.2) is 48.8 Å². The number of hydrogen-bond acceptors (Lipinski definition) is 3. The third-order valence-electron chi connectivity index (χ3n) is 4.88. The van der Waals surface area contributed by atoms with Crippen molar-refractivity contribution in [2.45, 2.75) is 38.9 Å². The summed E-state index contributed by atoms with van der Waals surface area (Å²) in [7, 11) is 0. The normalized spacial score (nSPS) is 18.4. The van der Waals surface area contributed by atoms with Crippen LogP contribution in [0.25, 0.3) is 0 Å². The second-order valence-corrected chi connectivity index (χ2v) is 6.54. The Balaban J connectivity index is 1.74. The molecule has 1 aromatic carbocycles. The van der Waals surface area contributed by atoms with E-state index in [1.54, 1.807) is 12.1 Å². The average Bonchev–Trinajstić information content (AvgIpc) is 3.05. The maximum atomic E-state index is 14.1. The fourth-order valence-corrected chi connectivity index (χ4v) is 3.62. The van der Waals surface area contributed by atoms with Gasteiger partial charge in [-0.3, -0.25) is 14.8 Å². The summed E-state index contributed by atoms with van der Waals surface area (Å²) >= 11 is 0. The summed E-state index contributed by atoms with van der Waals surface area (Å²) in [5.41, 5.74) is 2.00. The lowest BCUT2D eigenvalue weighted by Gasteiger charge is -2.30. The van der Waals surface area contributed by atoms with Crippen molar-refractivity contribution in [2.75, 3.05) is 19.6 Å². The van der Waals surface area contributed by atoms with Crippen molar-refractivity contribution in [3.63, 3.8) is 0 Å². The third-order valence-corrected chi connectivity index (χ3v) is 4.88. The van der Waals surface area contributed by atoms with Gasteiger partial charge in [0.15, 0.2) is 0 Å². The summed E-state index contributed by atoms with van der Waals surface area (Å²) in [5, 5.41) is 0.